The first-order valence-electron chi connectivity index (χ1n) is 10.1. The Morgan fingerprint density at radius 3 is 2.27 bits per heavy atom. The van der Waals surface area contributed by atoms with Crippen LogP contribution in [-0.2, 0) is 0 Å². The summed E-state index contributed by atoms with van der Waals surface area (Å²) in [6, 6.07) is 20.5. The Hall–Kier alpha value is -1.51. The first-order valence-corrected chi connectivity index (χ1v) is 10.5. The number of hydrogen-bond donors (Lipinski definition) is 1. The molecule has 1 aliphatic carbocycles. The zero-order chi connectivity index (χ0) is 17.8. The molecule has 2 fully saturated rings. The molecule has 2 unspecified atom stereocenters. The van der Waals surface area contributed by atoms with Crippen molar-refractivity contribution in [3.63, 3.8) is 0 Å². The molecule has 0 spiro atoms. The zero-order valence-corrected chi connectivity index (χ0v) is 16.2. The fourth-order valence-electron chi connectivity index (χ4n) is 4.81. The van der Waals surface area contributed by atoms with Gasteiger partial charge in [-0.1, -0.05) is 66.9 Å². The third-order valence-electron chi connectivity index (χ3n) is 6.19. The molecule has 2 aromatic rings. The molecule has 0 radical (unpaired) electrons. The number of hydrogen-bond acceptors (Lipinski definition) is 2. The van der Waals surface area contributed by atoms with Crippen LogP contribution < -0.4 is 5.32 Å². The van der Waals surface area contributed by atoms with Crippen LogP contribution >= 0.6 is 11.6 Å². The van der Waals surface area contributed by atoms with Crippen molar-refractivity contribution in [3.8, 4) is 0 Å². The second kappa shape index (κ2) is 8.45. The van der Waals surface area contributed by atoms with Gasteiger partial charge in [-0.05, 0) is 49.3 Å². The zero-order valence-electron chi connectivity index (χ0n) is 15.4. The maximum atomic E-state index is 6.31. The van der Waals surface area contributed by atoms with Crippen LogP contribution in [0.1, 0.15) is 50.0 Å². The third-order valence-corrected chi connectivity index (χ3v) is 6.52. The van der Waals surface area contributed by atoms with Gasteiger partial charge in [-0.25, -0.2) is 0 Å². The lowest BCUT2D eigenvalue weighted by molar-refractivity contribution is 0.109. The Morgan fingerprint density at radius 1 is 0.808 bits per heavy atom. The van der Waals surface area contributed by atoms with Gasteiger partial charge in [0.05, 0.1) is 10.7 Å². The molecular formula is C23H29ClN2. The average Bonchev–Trinajstić information content (AvgIpc) is 2.71. The molecule has 2 atom stereocenters. The van der Waals surface area contributed by atoms with Crippen LogP contribution in [0.15, 0.2) is 54.6 Å². The summed E-state index contributed by atoms with van der Waals surface area (Å²) in [5, 5.41) is 4.48. The van der Waals surface area contributed by atoms with E-state index in [9.17, 15) is 0 Å². The van der Waals surface area contributed by atoms with Crippen molar-refractivity contribution >= 4 is 17.3 Å². The lowest BCUT2D eigenvalue weighted by Crippen LogP contribution is -2.47. The van der Waals surface area contributed by atoms with E-state index in [0.29, 0.717) is 18.0 Å². The van der Waals surface area contributed by atoms with Crippen LogP contribution in [0.4, 0.5) is 5.69 Å². The summed E-state index contributed by atoms with van der Waals surface area (Å²) in [5.74, 6) is 0.707. The van der Waals surface area contributed by atoms with Gasteiger partial charge >= 0.3 is 0 Å². The lowest BCUT2D eigenvalue weighted by Gasteiger charge is -2.44. The van der Waals surface area contributed by atoms with Crippen molar-refractivity contribution in [2.45, 2.75) is 56.5 Å². The van der Waals surface area contributed by atoms with Gasteiger partial charge in [-0.15, -0.1) is 0 Å². The molecular weight excluding hydrogens is 340 g/mol. The standard InChI is InChI=1S/C23H29ClN2/c24-21-11-5-6-12-22(21)25-19-14-16-26(17-15-19)23-13-7-4-10-20(23)18-8-2-1-3-9-18/h1-3,5-6,8-9,11-12,19-20,23,25H,4,7,10,13-17H2. The maximum absolute atomic E-state index is 6.31. The van der Waals surface area contributed by atoms with E-state index in [1.807, 2.05) is 12.1 Å². The number of nitrogens with one attached hydrogen (secondary N) is 1. The Kier molecular flexibility index (Phi) is 5.81. The van der Waals surface area contributed by atoms with E-state index in [2.05, 4.69) is 52.7 Å². The third kappa shape index (κ3) is 4.07. The molecule has 4 rings (SSSR count). The number of anilines is 1. The van der Waals surface area contributed by atoms with E-state index in [1.165, 1.54) is 57.2 Å². The first-order chi connectivity index (χ1) is 12.8. The highest BCUT2D eigenvalue weighted by atomic mass is 35.5. The maximum Gasteiger partial charge on any atom is 0.0637 e. The van der Waals surface area contributed by atoms with Gasteiger partial charge in [-0.2, -0.15) is 0 Å². The summed E-state index contributed by atoms with van der Waals surface area (Å²) in [4.78, 5) is 2.77. The minimum atomic E-state index is 0.532. The fourth-order valence-corrected chi connectivity index (χ4v) is 5.00. The molecule has 1 saturated heterocycles. The molecule has 2 nitrogen and oxygen atoms in total. The van der Waals surface area contributed by atoms with Crippen LogP contribution in [0, 0.1) is 0 Å². The van der Waals surface area contributed by atoms with Crippen LogP contribution in [-0.4, -0.2) is 30.1 Å². The van der Waals surface area contributed by atoms with Gasteiger partial charge in [0.25, 0.3) is 0 Å². The van der Waals surface area contributed by atoms with Gasteiger partial charge in [0.1, 0.15) is 0 Å². The Balaban J connectivity index is 1.38. The van der Waals surface area contributed by atoms with Gasteiger partial charge in [-0.3, -0.25) is 4.90 Å². The molecule has 2 aliphatic rings. The molecule has 0 amide bonds. The normalized spacial score (nSPS) is 25.1. The van der Waals surface area contributed by atoms with Crippen LogP contribution in [0.3, 0.4) is 0 Å². The van der Waals surface area contributed by atoms with Crippen LogP contribution in [0.25, 0.3) is 0 Å². The van der Waals surface area contributed by atoms with Gasteiger partial charge in [0, 0.05) is 25.2 Å². The van der Waals surface area contributed by atoms with Crippen LogP contribution in [0.2, 0.25) is 5.02 Å². The summed E-state index contributed by atoms with van der Waals surface area (Å²) >= 11 is 6.31. The smallest absolute Gasteiger partial charge is 0.0637 e. The van der Waals surface area contributed by atoms with Crippen molar-refractivity contribution in [2.75, 3.05) is 18.4 Å². The fraction of sp³-hybridized carbons (Fsp3) is 0.478. The molecule has 0 bridgehead atoms. The first kappa shape index (κ1) is 17.9. The number of likely N-dealkylation sites (tertiary alicyclic amines) is 1. The number of benzene rings is 2. The molecule has 1 N–H and O–H groups in total. The molecule has 1 saturated carbocycles. The minimum Gasteiger partial charge on any atom is -0.381 e. The summed E-state index contributed by atoms with van der Waals surface area (Å²) in [6.07, 6.45) is 7.84. The van der Waals surface area contributed by atoms with E-state index in [0.717, 1.165) is 10.7 Å². The summed E-state index contributed by atoms with van der Waals surface area (Å²) in [7, 11) is 0. The molecule has 3 heteroatoms. The highest BCUT2D eigenvalue weighted by Crippen LogP contribution is 2.37. The van der Waals surface area contributed by atoms with Crippen molar-refractivity contribution in [2.24, 2.45) is 0 Å². The summed E-state index contributed by atoms with van der Waals surface area (Å²) < 4.78 is 0. The molecule has 2 aromatic carbocycles. The molecule has 1 aliphatic heterocycles. The second-order valence-corrected chi connectivity index (χ2v) is 8.21. The van der Waals surface area contributed by atoms with Gasteiger partial charge in [0.2, 0.25) is 0 Å². The summed E-state index contributed by atoms with van der Waals surface area (Å²) in [6.45, 7) is 2.38. The van der Waals surface area contributed by atoms with Gasteiger partial charge < -0.3 is 5.32 Å². The second-order valence-electron chi connectivity index (χ2n) is 7.80. The lowest BCUT2D eigenvalue weighted by atomic mass is 9.78. The van der Waals surface area contributed by atoms with Crippen molar-refractivity contribution < 1.29 is 0 Å². The SMILES string of the molecule is Clc1ccccc1NC1CCN(C2CCCCC2c2ccccc2)CC1. The van der Waals surface area contributed by atoms with Crippen molar-refractivity contribution in [1.29, 1.82) is 0 Å². The topological polar surface area (TPSA) is 15.3 Å². The number of para-hydroxylation sites is 1. The van der Waals surface area contributed by atoms with E-state index < -0.39 is 0 Å². The van der Waals surface area contributed by atoms with E-state index >= 15 is 0 Å². The molecule has 138 valence electrons. The predicted molar refractivity (Wildman–Crippen MR) is 111 cm³/mol. The van der Waals surface area contributed by atoms with E-state index in [1.54, 1.807) is 0 Å². The largest absolute Gasteiger partial charge is 0.381 e. The number of piperidine rings is 1. The molecule has 0 aromatic heterocycles. The van der Waals surface area contributed by atoms with E-state index in [-0.39, 0.29) is 0 Å². The quantitative estimate of drug-likeness (QED) is 0.718. The van der Waals surface area contributed by atoms with Gasteiger partial charge in [0.15, 0.2) is 0 Å². The predicted octanol–water partition coefficient (Wildman–Crippen LogP) is 5.94. The average molecular weight is 369 g/mol. The number of nitrogens with zero attached hydrogens (tertiary/aromatic N) is 1. The van der Waals surface area contributed by atoms with Crippen LogP contribution in [0.5, 0.6) is 0 Å². The Bertz CT molecular complexity index is 694. The highest BCUT2D eigenvalue weighted by Gasteiger charge is 2.33. The molecule has 26 heavy (non-hydrogen) atoms. The Morgan fingerprint density at radius 2 is 1.50 bits per heavy atom. The highest BCUT2D eigenvalue weighted by molar-refractivity contribution is 6.33. The minimum absolute atomic E-state index is 0.532. The van der Waals surface area contributed by atoms with Crippen molar-refractivity contribution in [3.05, 3.63) is 65.2 Å². The van der Waals surface area contributed by atoms with E-state index in [4.69, 9.17) is 11.6 Å². The monoisotopic (exact) mass is 368 g/mol. The summed E-state index contributed by atoms with van der Waals surface area (Å²) in [5.41, 5.74) is 2.61. The number of halogens is 1. The Labute approximate surface area is 162 Å². The van der Waals surface area contributed by atoms with Crippen molar-refractivity contribution in [1.82, 2.24) is 4.90 Å². The number of rotatable bonds is 4. The molecule has 1 heterocycles.